The lowest BCUT2D eigenvalue weighted by molar-refractivity contribution is 0.101. The van der Waals surface area contributed by atoms with Crippen molar-refractivity contribution in [2.75, 3.05) is 18.1 Å². The van der Waals surface area contributed by atoms with Crippen LogP contribution in [0.2, 0.25) is 0 Å². The van der Waals surface area contributed by atoms with Crippen LogP contribution in [0.4, 0.5) is 18.9 Å². The van der Waals surface area contributed by atoms with Gasteiger partial charge >= 0.3 is 0 Å². The fourth-order valence-corrected chi connectivity index (χ4v) is 3.51. The number of halogens is 3. The maximum atomic E-state index is 14.2. The monoisotopic (exact) mass is 397 g/mol. The predicted molar refractivity (Wildman–Crippen MR) is 92.9 cm³/mol. The van der Waals surface area contributed by atoms with E-state index >= 15 is 0 Å². The Morgan fingerprint density at radius 3 is 2.78 bits per heavy atom. The summed E-state index contributed by atoms with van der Waals surface area (Å²) in [5.74, 6) is -3.70. The number of pyridine rings is 1. The van der Waals surface area contributed by atoms with Gasteiger partial charge in [-0.3, -0.25) is 10.2 Å². The molecule has 2 heterocycles. The van der Waals surface area contributed by atoms with E-state index < -0.39 is 46.5 Å². The lowest BCUT2D eigenvalue weighted by atomic mass is 10.1. The first-order chi connectivity index (χ1) is 12.8. The second kappa shape index (κ2) is 7.45. The molecule has 0 bridgehead atoms. The Labute approximate surface area is 155 Å². The molecule has 2 unspecified atom stereocenters. The molecule has 3 N–H and O–H groups in total. The van der Waals surface area contributed by atoms with Crippen LogP contribution in [0.25, 0.3) is 0 Å². The molecule has 11 heteroatoms. The third-order valence-electron chi connectivity index (χ3n) is 3.89. The molecule has 1 amide bonds. The van der Waals surface area contributed by atoms with E-state index in [-0.39, 0.29) is 23.0 Å². The average molecular weight is 397 g/mol. The molecule has 1 aliphatic heterocycles. The number of aromatic nitrogens is 1. The maximum absolute atomic E-state index is 14.2. The van der Waals surface area contributed by atoms with Crippen molar-refractivity contribution in [3.63, 3.8) is 0 Å². The molecule has 27 heavy (non-hydrogen) atoms. The summed E-state index contributed by atoms with van der Waals surface area (Å²) < 4.78 is 54.0. The molecular weight excluding hydrogens is 383 g/mol. The number of hydrogen-bond acceptors (Lipinski definition) is 4. The first-order valence-corrected chi connectivity index (χ1v) is 8.93. The number of guanidine groups is 1. The molecule has 0 spiro atoms. The van der Waals surface area contributed by atoms with Gasteiger partial charge in [0, 0.05) is 17.3 Å². The molecule has 2 aromatic rings. The fraction of sp³-hybridized carbons (Fsp3) is 0.188. The minimum atomic E-state index is -1.51. The largest absolute Gasteiger partial charge is 0.593 e. The lowest BCUT2D eigenvalue weighted by Crippen LogP contribution is -2.52. The van der Waals surface area contributed by atoms with Crippen molar-refractivity contribution in [1.82, 2.24) is 14.6 Å². The number of hydrogen-bond donors (Lipinski definition) is 3. The second-order valence-electron chi connectivity index (χ2n) is 5.71. The number of nitrogens with zero attached hydrogens (tertiary/aromatic N) is 2. The zero-order valence-corrected chi connectivity index (χ0v) is 14.7. The summed E-state index contributed by atoms with van der Waals surface area (Å²) in [7, 11) is 1.47. The van der Waals surface area contributed by atoms with Crippen LogP contribution in [0, 0.1) is 22.9 Å². The third kappa shape index (κ3) is 3.98. The van der Waals surface area contributed by atoms with Crippen LogP contribution in [0.15, 0.2) is 30.5 Å². The van der Waals surface area contributed by atoms with Crippen molar-refractivity contribution in [3.05, 3.63) is 59.2 Å². The van der Waals surface area contributed by atoms with Crippen LogP contribution >= 0.6 is 0 Å². The van der Waals surface area contributed by atoms with Crippen molar-refractivity contribution in [2.45, 2.75) is 6.04 Å². The summed E-state index contributed by atoms with van der Waals surface area (Å²) in [6.45, 7) is 0. The van der Waals surface area contributed by atoms with Crippen molar-refractivity contribution in [2.24, 2.45) is 0 Å². The van der Waals surface area contributed by atoms with E-state index in [9.17, 15) is 22.5 Å². The topological polar surface area (TPSA) is 104 Å². The van der Waals surface area contributed by atoms with E-state index in [1.54, 1.807) is 0 Å². The van der Waals surface area contributed by atoms with Gasteiger partial charge in [0.05, 0.1) is 24.6 Å². The third-order valence-corrected chi connectivity index (χ3v) is 5.30. The quantitative estimate of drug-likeness (QED) is 0.687. The molecule has 1 aliphatic rings. The highest BCUT2D eigenvalue weighted by atomic mass is 32.2. The van der Waals surface area contributed by atoms with E-state index in [2.05, 4.69) is 15.6 Å². The van der Waals surface area contributed by atoms with Gasteiger partial charge in [0.1, 0.15) is 17.7 Å². The highest BCUT2D eigenvalue weighted by Crippen LogP contribution is 2.26. The highest BCUT2D eigenvalue weighted by Gasteiger charge is 2.33. The number of nitrogens with one attached hydrogen (secondary N) is 3. The number of anilines is 1. The average Bonchev–Trinajstić information content (AvgIpc) is 2.60. The predicted octanol–water partition coefficient (Wildman–Crippen LogP) is 1.93. The molecule has 2 atom stereocenters. The summed E-state index contributed by atoms with van der Waals surface area (Å²) >= 11 is -1.51. The second-order valence-corrected chi connectivity index (χ2v) is 7.23. The van der Waals surface area contributed by atoms with Crippen molar-refractivity contribution in [3.8, 4) is 0 Å². The molecule has 142 valence electrons. The molecular formula is C16H14F3N5O2S. The van der Waals surface area contributed by atoms with Crippen LogP contribution in [-0.4, -0.2) is 38.5 Å². The van der Waals surface area contributed by atoms with Crippen LogP contribution in [0.5, 0.6) is 0 Å². The number of rotatable bonds is 3. The van der Waals surface area contributed by atoms with Gasteiger partial charge in [-0.2, -0.15) is 4.31 Å². The van der Waals surface area contributed by atoms with E-state index in [1.165, 1.54) is 23.5 Å². The van der Waals surface area contributed by atoms with Crippen molar-refractivity contribution in [1.29, 1.82) is 5.41 Å². The van der Waals surface area contributed by atoms with E-state index in [4.69, 9.17) is 5.41 Å². The number of carbonyl (C=O) groups is 1. The Hall–Kier alpha value is -2.79. The van der Waals surface area contributed by atoms with Gasteiger partial charge in [-0.15, -0.1) is 0 Å². The molecule has 7 nitrogen and oxygen atoms in total. The van der Waals surface area contributed by atoms with Gasteiger partial charge in [-0.25, -0.2) is 18.2 Å². The normalized spacial score (nSPS) is 19.6. The summed E-state index contributed by atoms with van der Waals surface area (Å²) in [5.41, 5.74) is -0.380. The molecule has 1 aromatic heterocycles. The molecule has 3 rings (SSSR count). The SMILES string of the molecule is CN1C(=N)NC(c2cc(NC(=O)c3ncc(F)cc3F)ccc2F)C[S+]1[O-]. The molecule has 0 radical (unpaired) electrons. The van der Waals surface area contributed by atoms with Crippen LogP contribution in [0.1, 0.15) is 22.1 Å². The maximum Gasteiger partial charge on any atom is 0.277 e. The number of carbonyl (C=O) groups excluding carboxylic acids is 1. The Morgan fingerprint density at radius 1 is 1.37 bits per heavy atom. The molecule has 1 aromatic carbocycles. The van der Waals surface area contributed by atoms with Crippen molar-refractivity contribution < 1.29 is 22.5 Å². The van der Waals surface area contributed by atoms with E-state index in [0.29, 0.717) is 12.3 Å². The van der Waals surface area contributed by atoms with Crippen molar-refractivity contribution >= 4 is 28.9 Å². The smallest absolute Gasteiger partial charge is 0.277 e. The summed E-state index contributed by atoms with van der Waals surface area (Å²) in [6.07, 6.45) is 0.706. The Bertz CT molecular complexity index is 914. The number of benzene rings is 1. The van der Waals surface area contributed by atoms with Gasteiger partial charge in [0.2, 0.25) is 5.96 Å². The van der Waals surface area contributed by atoms with Gasteiger partial charge in [0.15, 0.2) is 17.3 Å². The highest BCUT2D eigenvalue weighted by molar-refractivity contribution is 7.89. The first kappa shape index (κ1) is 19.0. The van der Waals surface area contributed by atoms with Crippen LogP contribution in [-0.2, 0) is 11.4 Å². The summed E-state index contributed by atoms with van der Waals surface area (Å²) in [4.78, 5) is 15.5. The molecule has 1 saturated heterocycles. The van der Waals surface area contributed by atoms with E-state index in [1.807, 2.05) is 0 Å². The zero-order chi connectivity index (χ0) is 19.7. The van der Waals surface area contributed by atoms with Gasteiger partial charge in [0.25, 0.3) is 5.91 Å². The summed E-state index contributed by atoms with van der Waals surface area (Å²) in [6, 6.07) is 3.43. The molecule has 0 aliphatic carbocycles. The minimum Gasteiger partial charge on any atom is -0.593 e. The van der Waals surface area contributed by atoms with Gasteiger partial charge in [-0.05, 0) is 18.2 Å². The first-order valence-electron chi connectivity index (χ1n) is 7.65. The molecule has 1 fully saturated rings. The standard InChI is InChI=1S/C16H14F3N5O2S/c1-24-16(20)23-13(7-27(24)26)10-5-9(2-3-11(10)18)22-15(25)14-12(19)4-8(17)6-21-14/h2-6,13H,7H2,1H3,(H2,20,23)(H,22,25). The number of amides is 1. The van der Waals surface area contributed by atoms with Crippen LogP contribution in [0.3, 0.4) is 0 Å². The minimum absolute atomic E-state index is 0.0291. The Balaban J connectivity index is 1.83. The van der Waals surface area contributed by atoms with Gasteiger partial charge in [-0.1, -0.05) is 0 Å². The van der Waals surface area contributed by atoms with E-state index in [0.717, 1.165) is 6.07 Å². The van der Waals surface area contributed by atoms with Crippen LogP contribution < -0.4 is 10.6 Å². The lowest BCUT2D eigenvalue weighted by Gasteiger charge is -2.33. The fourth-order valence-electron chi connectivity index (χ4n) is 2.48. The van der Waals surface area contributed by atoms with Gasteiger partial charge < -0.3 is 15.2 Å². The molecule has 0 saturated carbocycles. The summed E-state index contributed by atoms with van der Waals surface area (Å²) in [5, 5.41) is 12.8. The Morgan fingerprint density at radius 2 is 2.11 bits per heavy atom. The zero-order valence-electron chi connectivity index (χ0n) is 13.9. The Kier molecular flexibility index (Phi) is 5.24.